The summed E-state index contributed by atoms with van der Waals surface area (Å²) in [4.78, 5) is 3.99. The van der Waals surface area contributed by atoms with Gasteiger partial charge in [0.15, 0.2) is 0 Å². The second-order valence-corrected chi connectivity index (χ2v) is 4.53. The van der Waals surface area contributed by atoms with E-state index < -0.39 is 0 Å². The zero-order chi connectivity index (χ0) is 10.4. The van der Waals surface area contributed by atoms with Crippen LogP contribution in [0.4, 0.5) is 5.69 Å². The molecule has 1 aromatic heterocycles. The highest BCUT2D eigenvalue weighted by Crippen LogP contribution is 2.19. The monoisotopic (exact) mass is 225 g/mol. The summed E-state index contributed by atoms with van der Waals surface area (Å²) in [6.45, 7) is 3.71. The molecule has 0 aliphatic carbocycles. The van der Waals surface area contributed by atoms with Crippen LogP contribution in [0.5, 0.6) is 0 Å². The highest BCUT2D eigenvalue weighted by molar-refractivity contribution is 8.39. The van der Waals surface area contributed by atoms with Crippen molar-refractivity contribution in [2.45, 2.75) is 0 Å². The van der Waals surface area contributed by atoms with Crippen LogP contribution in [0.15, 0.2) is 36.5 Å². The Balaban J connectivity index is 3.01. The van der Waals surface area contributed by atoms with Crippen molar-refractivity contribution in [3.63, 3.8) is 0 Å². The van der Waals surface area contributed by atoms with E-state index in [1.54, 1.807) is 35.9 Å². The molecule has 0 radical (unpaired) electrons. The highest BCUT2D eigenvalue weighted by atomic mass is 32.2. The summed E-state index contributed by atoms with van der Waals surface area (Å²) >= 11 is 3.34. The second kappa shape index (κ2) is 5.88. The number of hydrogen-bond donors (Lipinski definition) is 0. The van der Waals surface area contributed by atoms with Crippen molar-refractivity contribution >= 4 is 33.6 Å². The Labute approximate surface area is 93.1 Å². The molecule has 0 aromatic carbocycles. The van der Waals surface area contributed by atoms with E-state index in [1.165, 1.54) is 4.38 Å². The largest absolute Gasteiger partial charge is 0.279 e. The molecule has 1 aromatic rings. The standard InChI is InChI=1S/C10H13N2S2/c1-4-14-10(13-3)12(2)9-5-7-11-8-6-9/h4-8H,1H2,2-3H3/q+1. The number of thioether (sulfide) groups is 2. The highest BCUT2D eigenvalue weighted by Gasteiger charge is 2.11. The zero-order valence-electron chi connectivity index (χ0n) is 8.30. The number of nitrogens with zero attached hydrogens (tertiary/aromatic N) is 2. The van der Waals surface area contributed by atoms with Crippen molar-refractivity contribution in [1.29, 1.82) is 0 Å². The first-order valence-electron chi connectivity index (χ1n) is 4.12. The van der Waals surface area contributed by atoms with Crippen LogP contribution in [-0.4, -0.2) is 27.2 Å². The Bertz CT molecular complexity index is 333. The third-order valence-electron chi connectivity index (χ3n) is 1.68. The quantitative estimate of drug-likeness (QED) is 0.437. The Morgan fingerprint density at radius 1 is 1.50 bits per heavy atom. The van der Waals surface area contributed by atoms with Gasteiger partial charge in [-0.2, -0.15) is 4.58 Å². The lowest BCUT2D eigenvalue weighted by Gasteiger charge is -1.99. The van der Waals surface area contributed by atoms with Crippen LogP contribution in [-0.2, 0) is 0 Å². The van der Waals surface area contributed by atoms with E-state index >= 15 is 0 Å². The Hall–Kier alpha value is -0.740. The molecule has 1 heterocycles. The average Bonchev–Trinajstić information content (AvgIpc) is 2.26. The van der Waals surface area contributed by atoms with Gasteiger partial charge in [-0.3, -0.25) is 4.98 Å². The van der Waals surface area contributed by atoms with E-state index in [0.717, 1.165) is 5.69 Å². The molecule has 0 spiro atoms. The molecule has 0 saturated heterocycles. The fourth-order valence-corrected chi connectivity index (χ4v) is 2.38. The summed E-state index contributed by atoms with van der Waals surface area (Å²) in [7, 11) is 2.04. The van der Waals surface area contributed by atoms with Crippen LogP contribution in [0.1, 0.15) is 0 Å². The first-order chi connectivity index (χ1) is 6.79. The van der Waals surface area contributed by atoms with Crippen molar-refractivity contribution in [2.24, 2.45) is 0 Å². The van der Waals surface area contributed by atoms with Gasteiger partial charge in [0.1, 0.15) is 7.05 Å². The maximum absolute atomic E-state index is 3.99. The van der Waals surface area contributed by atoms with Crippen molar-refractivity contribution in [2.75, 3.05) is 13.3 Å². The van der Waals surface area contributed by atoms with Crippen LogP contribution in [0.3, 0.4) is 0 Å². The lowest BCUT2D eigenvalue weighted by Crippen LogP contribution is -2.05. The van der Waals surface area contributed by atoms with Crippen LogP contribution >= 0.6 is 23.5 Å². The maximum atomic E-state index is 3.99. The molecule has 0 bridgehead atoms. The SMILES string of the molecule is C=CSC(SC)=[N+](C)c1ccncc1. The molecule has 0 unspecified atom stereocenters. The summed E-state index contributed by atoms with van der Waals surface area (Å²) < 4.78 is 3.32. The van der Waals surface area contributed by atoms with E-state index in [4.69, 9.17) is 0 Å². The molecule has 0 fully saturated rings. The number of aromatic nitrogens is 1. The fraction of sp³-hybridized carbons (Fsp3) is 0.200. The summed E-state index contributed by atoms with van der Waals surface area (Å²) in [6, 6.07) is 3.97. The molecular formula is C10H13N2S2+. The maximum Gasteiger partial charge on any atom is 0.279 e. The minimum Gasteiger partial charge on any atom is -0.264 e. The summed E-state index contributed by atoms with van der Waals surface area (Å²) in [5, 5.41) is 1.84. The van der Waals surface area contributed by atoms with Gasteiger partial charge in [0.25, 0.3) is 4.38 Å². The third-order valence-corrected chi connectivity index (χ3v) is 3.74. The minimum atomic E-state index is 1.14. The van der Waals surface area contributed by atoms with E-state index in [2.05, 4.69) is 22.4 Å². The first kappa shape index (κ1) is 11.3. The van der Waals surface area contributed by atoms with E-state index in [-0.39, 0.29) is 0 Å². The summed E-state index contributed by atoms with van der Waals surface area (Å²) in [5.74, 6) is 0. The molecule has 74 valence electrons. The van der Waals surface area contributed by atoms with Gasteiger partial charge in [-0.1, -0.05) is 18.3 Å². The smallest absolute Gasteiger partial charge is 0.264 e. The van der Waals surface area contributed by atoms with Crippen molar-refractivity contribution in [3.05, 3.63) is 36.5 Å². The fourth-order valence-electron chi connectivity index (χ4n) is 1.01. The molecular weight excluding hydrogens is 212 g/mol. The van der Waals surface area contributed by atoms with Crippen molar-refractivity contribution < 1.29 is 4.58 Å². The van der Waals surface area contributed by atoms with Crippen LogP contribution in [0, 0.1) is 0 Å². The Kier molecular flexibility index (Phi) is 4.76. The van der Waals surface area contributed by atoms with Crippen molar-refractivity contribution in [1.82, 2.24) is 4.98 Å². The molecule has 0 N–H and O–H groups in total. The first-order valence-corrected chi connectivity index (χ1v) is 6.22. The van der Waals surface area contributed by atoms with Gasteiger partial charge >= 0.3 is 0 Å². The summed E-state index contributed by atoms with van der Waals surface area (Å²) in [6.07, 6.45) is 5.65. The van der Waals surface area contributed by atoms with Crippen LogP contribution in [0.2, 0.25) is 0 Å². The number of rotatable bonds is 2. The van der Waals surface area contributed by atoms with Gasteiger partial charge in [0.2, 0.25) is 5.69 Å². The molecule has 0 atom stereocenters. The minimum absolute atomic E-state index is 1.14. The van der Waals surface area contributed by atoms with Crippen LogP contribution < -0.4 is 0 Å². The number of hydrogen-bond acceptors (Lipinski definition) is 3. The average molecular weight is 225 g/mol. The molecule has 4 heteroatoms. The Morgan fingerprint density at radius 3 is 2.64 bits per heavy atom. The molecule has 0 saturated carbocycles. The van der Waals surface area contributed by atoms with E-state index in [1.807, 2.05) is 24.6 Å². The topological polar surface area (TPSA) is 15.9 Å². The van der Waals surface area contributed by atoms with Crippen LogP contribution in [0.25, 0.3) is 0 Å². The van der Waals surface area contributed by atoms with Gasteiger partial charge < -0.3 is 0 Å². The normalized spacial score (nSPS) is 12.1. The van der Waals surface area contributed by atoms with Gasteiger partial charge in [-0.15, -0.1) is 0 Å². The lowest BCUT2D eigenvalue weighted by atomic mass is 10.4. The second-order valence-electron chi connectivity index (χ2n) is 2.52. The number of pyridine rings is 1. The molecule has 14 heavy (non-hydrogen) atoms. The van der Waals surface area contributed by atoms with E-state index in [0.29, 0.717) is 0 Å². The molecule has 0 aliphatic rings. The predicted octanol–water partition coefficient (Wildman–Crippen LogP) is 2.95. The van der Waals surface area contributed by atoms with Gasteiger partial charge in [0, 0.05) is 24.5 Å². The molecule has 2 nitrogen and oxygen atoms in total. The third kappa shape index (κ3) is 2.89. The molecule has 0 aliphatic heterocycles. The predicted molar refractivity (Wildman–Crippen MR) is 66.4 cm³/mol. The Morgan fingerprint density at radius 2 is 2.14 bits per heavy atom. The lowest BCUT2D eigenvalue weighted by molar-refractivity contribution is -0.398. The van der Waals surface area contributed by atoms with Gasteiger partial charge in [-0.05, 0) is 23.4 Å². The van der Waals surface area contributed by atoms with E-state index in [9.17, 15) is 0 Å². The molecule has 0 amide bonds. The van der Waals surface area contributed by atoms with Crippen molar-refractivity contribution in [3.8, 4) is 0 Å². The zero-order valence-corrected chi connectivity index (χ0v) is 9.94. The van der Waals surface area contributed by atoms with Gasteiger partial charge in [0.05, 0.1) is 0 Å². The summed E-state index contributed by atoms with van der Waals surface area (Å²) in [5.41, 5.74) is 1.14. The molecule has 1 rings (SSSR count). The van der Waals surface area contributed by atoms with Gasteiger partial charge in [-0.25, -0.2) is 0 Å².